The number of benzene rings is 1. The van der Waals surface area contributed by atoms with Crippen LogP contribution in [-0.4, -0.2) is 10.2 Å². The van der Waals surface area contributed by atoms with E-state index in [4.69, 9.17) is 17.3 Å². The van der Waals surface area contributed by atoms with Gasteiger partial charge in [0.15, 0.2) is 0 Å². The molecule has 0 radical (unpaired) electrons. The minimum absolute atomic E-state index is 0.590. The van der Waals surface area contributed by atoms with Crippen LogP contribution in [0.1, 0.15) is 0 Å². The molecule has 0 fully saturated rings. The van der Waals surface area contributed by atoms with Crippen LogP contribution in [0, 0.1) is 0 Å². The number of rotatable bonds is 1. The summed E-state index contributed by atoms with van der Waals surface area (Å²) in [5, 5.41) is 7.49. The van der Waals surface area contributed by atoms with Crippen molar-refractivity contribution in [3.05, 3.63) is 33.9 Å². The summed E-state index contributed by atoms with van der Waals surface area (Å²) in [5.74, 6) is 0. The Hall–Kier alpha value is -1.00. The van der Waals surface area contributed by atoms with E-state index in [9.17, 15) is 0 Å². The molecule has 0 saturated heterocycles. The summed E-state index contributed by atoms with van der Waals surface area (Å²) < 4.78 is 0.687. The normalized spacial score (nSPS) is 10.4. The van der Waals surface area contributed by atoms with E-state index < -0.39 is 0 Å². The van der Waals surface area contributed by atoms with Crippen LogP contribution in [0.3, 0.4) is 0 Å². The van der Waals surface area contributed by atoms with Crippen molar-refractivity contribution < 1.29 is 0 Å². The summed E-state index contributed by atoms with van der Waals surface area (Å²) in [6.45, 7) is 0. The maximum absolute atomic E-state index is 5.86. The van der Waals surface area contributed by atoms with Gasteiger partial charge in [0, 0.05) is 10.6 Å². The number of nitrogens with one attached hydrogen (secondary N) is 1. The van der Waals surface area contributed by atoms with Gasteiger partial charge in [0.2, 0.25) is 0 Å². The number of aromatic amines is 1. The van der Waals surface area contributed by atoms with Crippen LogP contribution in [0.2, 0.25) is 5.02 Å². The van der Waals surface area contributed by atoms with Gasteiger partial charge in [-0.2, -0.15) is 5.10 Å². The maximum Gasteiger partial charge on any atom is 0.124 e. The SMILES string of the molecule is Nc1c(-c2cccc(Cl)c2)n[nH]c1Br. The fraction of sp³-hybridized carbons (Fsp3) is 0. The number of aromatic nitrogens is 2. The quantitative estimate of drug-likeness (QED) is 0.838. The van der Waals surface area contributed by atoms with Gasteiger partial charge in [0.05, 0.1) is 5.69 Å². The highest BCUT2D eigenvalue weighted by atomic mass is 79.9. The number of nitrogens with two attached hydrogens (primary N) is 1. The highest BCUT2D eigenvalue weighted by molar-refractivity contribution is 9.10. The first-order valence-electron chi connectivity index (χ1n) is 3.94. The molecule has 0 amide bonds. The first-order chi connectivity index (χ1) is 6.68. The van der Waals surface area contributed by atoms with E-state index in [1.54, 1.807) is 0 Å². The van der Waals surface area contributed by atoms with Crippen LogP contribution in [0.5, 0.6) is 0 Å². The Morgan fingerprint density at radius 1 is 1.43 bits per heavy atom. The molecule has 0 aliphatic rings. The Bertz CT molecular complexity index is 467. The molecular formula is C9H7BrClN3. The molecule has 72 valence electrons. The van der Waals surface area contributed by atoms with Gasteiger partial charge in [-0.15, -0.1) is 0 Å². The summed E-state index contributed by atoms with van der Waals surface area (Å²) in [5.41, 5.74) is 8.00. The zero-order valence-corrected chi connectivity index (χ0v) is 9.43. The lowest BCUT2D eigenvalue weighted by molar-refractivity contribution is 1.07. The largest absolute Gasteiger partial charge is 0.395 e. The highest BCUT2D eigenvalue weighted by Crippen LogP contribution is 2.30. The number of hydrogen-bond acceptors (Lipinski definition) is 2. The highest BCUT2D eigenvalue weighted by Gasteiger charge is 2.09. The summed E-state index contributed by atoms with van der Waals surface area (Å²) in [6.07, 6.45) is 0. The Morgan fingerprint density at radius 3 is 2.79 bits per heavy atom. The number of nitrogens with zero attached hydrogens (tertiary/aromatic N) is 1. The first-order valence-corrected chi connectivity index (χ1v) is 5.11. The predicted octanol–water partition coefficient (Wildman–Crippen LogP) is 3.07. The molecule has 3 N–H and O–H groups in total. The van der Waals surface area contributed by atoms with Gasteiger partial charge in [-0.25, -0.2) is 0 Å². The van der Waals surface area contributed by atoms with Gasteiger partial charge in [0.1, 0.15) is 10.3 Å². The molecule has 0 atom stereocenters. The van der Waals surface area contributed by atoms with Gasteiger partial charge in [0.25, 0.3) is 0 Å². The van der Waals surface area contributed by atoms with E-state index >= 15 is 0 Å². The molecule has 2 aromatic rings. The molecule has 14 heavy (non-hydrogen) atoms. The Morgan fingerprint density at radius 2 is 2.21 bits per heavy atom. The minimum atomic E-state index is 0.590. The summed E-state index contributed by atoms with van der Waals surface area (Å²) in [6, 6.07) is 7.40. The van der Waals surface area contributed by atoms with Crippen molar-refractivity contribution in [1.29, 1.82) is 0 Å². The van der Waals surface area contributed by atoms with Gasteiger partial charge in [-0.05, 0) is 28.1 Å². The fourth-order valence-electron chi connectivity index (χ4n) is 1.19. The predicted molar refractivity (Wildman–Crippen MR) is 61.1 cm³/mol. The average Bonchev–Trinajstić information content (AvgIpc) is 2.48. The van der Waals surface area contributed by atoms with Crippen LogP contribution in [0.25, 0.3) is 11.3 Å². The van der Waals surface area contributed by atoms with Crippen molar-refractivity contribution in [2.75, 3.05) is 5.73 Å². The second-order valence-electron chi connectivity index (χ2n) is 2.81. The standard InChI is InChI=1S/C9H7BrClN3/c10-9-7(12)8(13-14-9)5-2-1-3-6(11)4-5/h1-4H,12H2,(H,13,14). The van der Waals surface area contributed by atoms with E-state index in [1.165, 1.54) is 0 Å². The second kappa shape index (κ2) is 3.63. The molecule has 2 rings (SSSR count). The molecule has 0 spiro atoms. The van der Waals surface area contributed by atoms with Crippen molar-refractivity contribution >= 4 is 33.2 Å². The van der Waals surface area contributed by atoms with E-state index in [2.05, 4.69) is 26.1 Å². The second-order valence-corrected chi connectivity index (χ2v) is 4.04. The maximum atomic E-state index is 5.86. The molecule has 0 bridgehead atoms. The molecule has 0 aliphatic heterocycles. The lowest BCUT2D eigenvalue weighted by Gasteiger charge is -1.98. The zero-order valence-electron chi connectivity index (χ0n) is 7.09. The number of H-pyrrole nitrogens is 1. The van der Waals surface area contributed by atoms with Crippen LogP contribution in [-0.2, 0) is 0 Å². The van der Waals surface area contributed by atoms with Gasteiger partial charge >= 0.3 is 0 Å². The number of nitrogen functional groups attached to an aromatic ring is 1. The van der Waals surface area contributed by atoms with Gasteiger partial charge < -0.3 is 5.73 Å². The summed E-state index contributed by atoms with van der Waals surface area (Å²) in [7, 11) is 0. The van der Waals surface area contributed by atoms with Crippen molar-refractivity contribution in [3.63, 3.8) is 0 Å². The van der Waals surface area contributed by atoms with Crippen molar-refractivity contribution in [2.45, 2.75) is 0 Å². The van der Waals surface area contributed by atoms with Crippen molar-refractivity contribution in [1.82, 2.24) is 10.2 Å². The van der Waals surface area contributed by atoms with Crippen LogP contribution in [0.15, 0.2) is 28.9 Å². The average molecular weight is 273 g/mol. The first kappa shape index (κ1) is 9.55. The van der Waals surface area contributed by atoms with Gasteiger partial charge in [-0.1, -0.05) is 23.7 Å². The monoisotopic (exact) mass is 271 g/mol. The fourth-order valence-corrected chi connectivity index (χ4v) is 1.65. The third-order valence-corrected chi connectivity index (χ3v) is 2.70. The molecular weight excluding hydrogens is 265 g/mol. The van der Waals surface area contributed by atoms with E-state index in [0.717, 1.165) is 5.56 Å². The molecule has 1 aromatic heterocycles. The summed E-state index contributed by atoms with van der Waals surface area (Å²) >= 11 is 9.12. The van der Waals surface area contributed by atoms with E-state index in [-0.39, 0.29) is 0 Å². The molecule has 0 aliphatic carbocycles. The molecule has 3 nitrogen and oxygen atoms in total. The molecule has 5 heteroatoms. The Kier molecular flexibility index (Phi) is 2.48. The molecule has 1 heterocycles. The van der Waals surface area contributed by atoms with Crippen molar-refractivity contribution in [2.24, 2.45) is 0 Å². The third-order valence-electron chi connectivity index (χ3n) is 1.86. The molecule has 1 aromatic carbocycles. The van der Waals surface area contributed by atoms with E-state index in [0.29, 0.717) is 21.0 Å². The van der Waals surface area contributed by atoms with Crippen molar-refractivity contribution in [3.8, 4) is 11.3 Å². The van der Waals surface area contributed by atoms with Crippen LogP contribution >= 0.6 is 27.5 Å². The molecule has 0 unspecified atom stereocenters. The smallest absolute Gasteiger partial charge is 0.124 e. The Labute approximate surface area is 94.4 Å². The third kappa shape index (κ3) is 1.63. The van der Waals surface area contributed by atoms with E-state index in [1.807, 2.05) is 24.3 Å². The topological polar surface area (TPSA) is 54.7 Å². The molecule has 0 saturated carbocycles. The number of halogens is 2. The minimum Gasteiger partial charge on any atom is -0.395 e. The Balaban J connectivity index is 2.55. The number of hydrogen-bond donors (Lipinski definition) is 2. The van der Waals surface area contributed by atoms with Gasteiger partial charge in [-0.3, -0.25) is 5.10 Å². The number of anilines is 1. The lowest BCUT2D eigenvalue weighted by atomic mass is 10.1. The van der Waals surface area contributed by atoms with Crippen LogP contribution < -0.4 is 5.73 Å². The van der Waals surface area contributed by atoms with Crippen LogP contribution in [0.4, 0.5) is 5.69 Å². The zero-order chi connectivity index (χ0) is 10.1. The lowest BCUT2D eigenvalue weighted by Crippen LogP contribution is -1.87. The summed E-state index contributed by atoms with van der Waals surface area (Å²) in [4.78, 5) is 0.